The Morgan fingerprint density at radius 3 is 2.54 bits per heavy atom. The number of benzene rings is 2. The zero-order valence-electron chi connectivity index (χ0n) is 13.2. The summed E-state index contributed by atoms with van der Waals surface area (Å²) in [6, 6.07) is 13.4. The molecule has 1 saturated heterocycles. The highest BCUT2D eigenvalue weighted by atomic mass is 35.5. The Morgan fingerprint density at radius 1 is 1.04 bits per heavy atom. The second-order valence-corrected chi connectivity index (χ2v) is 6.03. The van der Waals surface area contributed by atoms with Crippen LogP contribution in [-0.4, -0.2) is 11.4 Å². The molecule has 0 radical (unpaired) electrons. The average Bonchev–Trinajstić information content (AvgIpc) is 2.89. The van der Waals surface area contributed by atoms with E-state index < -0.39 is 0 Å². The van der Waals surface area contributed by atoms with Crippen molar-refractivity contribution < 1.29 is 10.3 Å². The van der Waals surface area contributed by atoms with Gasteiger partial charge in [0.25, 0.3) is 5.91 Å². The van der Waals surface area contributed by atoms with Crippen molar-refractivity contribution in [2.45, 2.75) is 13.8 Å². The molecule has 6 nitrogen and oxygen atoms in total. The number of fused-ring (bicyclic) bond motifs is 3. The number of hydrazine groups is 2. The lowest BCUT2D eigenvalue weighted by Crippen LogP contribution is -2.41. The molecule has 0 atom stereocenters. The first-order valence-corrected chi connectivity index (χ1v) is 7.68. The molecule has 0 aliphatic carbocycles. The van der Waals surface area contributed by atoms with Gasteiger partial charge in [0.2, 0.25) is 0 Å². The number of hydrogen-bond acceptors (Lipinski definition) is 4. The minimum Gasteiger partial charge on any atom is -0.412 e. The molecule has 2 aliphatic heterocycles. The Bertz CT molecular complexity index is 865. The van der Waals surface area contributed by atoms with Crippen LogP contribution in [0.4, 0.5) is 17.1 Å². The standard InChI is InChI=1S/C17H15ClN4O.H2O/c1-10-7-8-12(9-13(10)18)21-17(23)16-11(2)19-14-5-3-4-6-15(14)22(16)20-21;/h3-9,19-20H,1-2H3;1H2. The molecule has 0 aromatic heterocycles. The summed E-state index contributed by atoms with van der Waals surface area (Å²) in [6.07, 6.45) is 0. The number of amides is 1. The molecule has 2 aromatic carbocycles. The number of nitrogens with one attached hydrogen (secondary N) is 2. The van der Waals surface area contributed by atoms with Crippen molar-refractivity contribution in [1.29, 1.82) is 0 Å². The summed E-state index contributed by atoms with van der Waals surface area (Å²) in [4.78, 5) is 12.8. The van der Waals surface area contributed by atoms with Crippen molar-refractivity contribution in [1.82, 2.24) is 5.53 Å². The number of carbonyl (C=O) groups excluding carboxylic acids is 1. The third kappa shape index (κ3) is 2.32. The van der Waals surface area contributed by atoms with Crippen molar-refractivity contribution in [2.24, 2.45) is 0 Å². The summed E-state index contributed by atoms with van der Waals surface area (Å²) in [6.45, 7) is 3.82. The molecular weight excluding hydrogens is 328 g/mol. The molecule has 0 bridgehead atoms. The van der Waals surface area contributed by atoms with E-state index in [9.17, 15) is 4.79 Å². The molecule has 124 valence electrons. The van der Waals surface area contributed by atoms with Crippen LogP contribution in [0.5, 0.6) is 0 Å². The summed E-state index contributed by atoms with van der Waals surface area (Å²) in [5.41, 5.74) is 8.09. The summed E-state index contributed by atoms with van der Waals surface area (Å²) in [5, 5.41) is 7.22. The maximum atomic E-state index is 12.8. The van der Waals surface area contributed by atoms with Crippen LogP contribution in [0.25, 0.3) is 0 Å². The van der Waals surface area contributed by atoms with Crippen LogP contribution in [0.15, 0.2) is 53.9 Å². The molecule has 7 heteroatoms. The van der Waals surface area contributed by atoms with E-state index in [1.54, 1.807) is 11.1 Å². The van der Waals surface area contributed by atoms with Crippen LogP contribution >= 0.6 is 11.6 Å². The van der Waals surface area contributed by atoms with Gasteiger partial charge in [0, 0.05) is 10.7 Å². The molecule has 24 heavy (non-hydrogen) atoms. The minimum absolute atomic E-state index is 0. The second-order valence-electron chi connectivity index (χ2n) is 5.63. The van der Waals surface area contributed by atoms with Gasteiger partial charge in [0.1, 0.15) is 5.70 Å². The zero-order chi connectivity index (χ0) is 16.1. The average molecular weight is 345 g/mol. The molecule has 2 aromatic rings. The first kappa shape index (κ1) is 16.3. The number of aryl methyl sites for hydroxylation is 1. The monoisotopic (exact) mass is 344 g/mol. The summed E-state index contributed by atoms with van der Waals surface area (Å²) >= 11 is 6.20. The van der Waals surface area contributed by atoms with Crippen molar-refractivity contribution in [2.75, 3.05) is 15.3 Å². The van der Waals surface area contributed by atoms with Gasteiger partial charge in [-0.05, 0) is 43.7 Å². The van der Waals surface area contributed by atoms with Crippen LogP contribution in [-0.2, 0) is 4.79 Å². The summed E-state index contributed by atoms with van der Waals surface area (Å²) in [7, 11) is 0. The van der Waals surface area contributed by atoms with E-state index in [2.05, 4.69) is 10.9 Å². The highest BCUT2D eigenvalue weighted by Crippen LogP contribution is 2.38. The van der Waals surface area contributed by atoms with Gasteiger partial charge >= 0.3 is 0 Å². The number of anilines is 3. The molecule has 1 amide bonds. The largest absolute Gasteiger partial charge is 0.412 e. The van der Waals surface area contributed by atoms with E-state index in [4.69, 9.17) is 11.6 Å². The molecular formula is C17H17ClN4O2. The van der Waals surface area contributed by atoms with Gasteiger partial charge < -0.3 is 10.8 Å². The summed E-state index contributed by atoms with van der Waals surface area (Å²) in [5.74, 6) is -0.121. The van der Waals surface area contributed by atoms with E-state index in [0.717, 1.165) is 22.6 Å². The maximum absolute atomic E-state index is 12.8. The van der Waals surface area contributed by atoms with E-state index in [-0.39, 0.29) is 11.4 Å². The molecule has 4 N–H and O–H groups in total. The summed E-state index contributed by atoms with van der Waals surface area (Å²) < 4.78 is 0. The Balaban J connectivity index is 0.00000169. The Hall–Kier alpha value is -2.54. The minimum atomic E-state index is -0.121. The number of para-hydroxylation sites is 2. The number of halogens is 1. The topological polar surface area (TPSA) is 79.1 Å². The van der Waals surface area contributed by atoms with Crippen LogP contribution < -0.4 is 20.9 Å². The smallest absolute Gasteiger partial charge is 0.294 e. The number of rotatable bonds is 1. The lowest BCUT2D eigenvalue weighted by Gasteiger charge is -2.28. The van der Waals surface area contributed by atoms with Crippen molar-refractivity contribution in [3.63, 3.8) is 0 Å². The van der Waals surface area contributed by atoms with Gasteiger partial charge in [-0.1, -0.05) is 29.8 Å². The van der Waals surface area contributed by atoms with Crippen molar-refractivity contribution in [3.8, 4) is 0 Å². The Labute approximate surface area is 144 Å². The maximum Gasteiger partial charge on any atom is 0.294 e. The molecule has 2 heterocycles. The molecule has 0 spiro atoms. The Kier molecular flexibility index (Phi) is 3.96. The van der Waals surface area contributed by atoms with E-state index in [0.29, 0.717) is 16.4 Å². The lowest BCUT2D eigenvalue weighted by molar-refractivity contribution is -0.114. The molecule has 4 rings (SSSR count). The number of carbonyl (C=O) groups is 1. The fourth-order valence-corrected chi connectivity index (χ4v) is 3.01. The second kappa shape index (κ2) is 5.83. The fraction of sp³-hybridized carbons (Fsp3) is 0.118. The predicted octanol–water partition coefficient (Wildman–Crippen LogP) is 2.75. The number of allylic oxidation sites excluding steroid dienone is 1. The van der Waals surface area contributed by atoms with E-state index >= 15 is 0 Å². The van der Waals surface area contributed by atoms with Gasteiger partial charge in [-0.25, -0.2) is 10.0 Å². The highest BCUT2D eigenvalue weighted by molar-refractivity contribution is 6.31. The quantitative estimate of drug-likeness (QED) is 0.833. The van der Waals surface area contributed by atoms with Gasteiger partial charge in [0.15, 0.2) is 0 Å². The van der Waals surface area contributed by atoms with E-state index in [1.165, 1.54) is 5.01 Å². The first-order valence-electron chi connectivity index (χ1n) is 7.30. The third-order valence-electron chi connectivity index (χ3n) is 4.07. The fourth-order valence-electron chi connectivity index (χ4n) is 2.83. The van der Waals surface area contributed by atoms with Crippen molar-refractivity contribution in [3.05, 3.63) is 64.4 Å². The van der Waals surface area contributed by atoms with Gasteiger partial charge in [0.05, 0.1) is 17.1 Å². The SMILES string of the molecule is CC1=C2C(=O)N(c3ccc(C)c(Cl)c3)NN2c2ccccc2N1.O. The normalized spacial score (nSPS) is 15.7. The van der Waals surface area contributed by atoms with Crippen LogP contribution in [0.1, 0.15) is 12.5 Å². The molecule has 0 unspecified atom stereocenters. The van der Waals surface area contributed by atoms with E-state index in [1.807, 2.05) is 50.2 Å². The number of nitrogens with zero attached hydrogens (tertiary/aromatic N) is 2. The third-order valence-corrected chi connectivity index (χ3v) is 4.47. The van der Waals surface area contributed by atoms with Crippen LogP contribution in [0, 0.1) is 6.92 Å². The lowest BCUT2D eigenvalue weighted by atomic mass is 10.1. The molecule has 0 saturated carbocycles. The van der Waals surface area contributed by atoms with Gasteiger partial charge in [-0.2, -0.15) is 0 Å². The van der Waals surface area contributed by atoms with Crippen LogP contribution in [0.3, 0.4) is 0 Å². The predicted molar refractivity (Wildman–Crippen MR) is 95.7 cm³/mol. The zero-order valence-corrected chi connectivity index (χ0v) is 14.0. The highest BCUT2D eigenvalue weighted by Gasteiger charge is 2.39. The molecule has 2 aliphatic rings. The Morgan fingerprint density at radius 2 is 1.79 bits per heavy atom. The van der Waals surface area contributed by atoms with Gasteiger partial charge in [-0.15, -0.1) is 5.53 Å². The first-order chi connectivity index (χ1) is 11.1. The van der Waals surface area contributed by atoms with Gasteiger partial charge in [-0.3, -0.25) is 4.79 Å². The van der Waals surface area contributed by atoms with Crippen molar-refractivity contribution >= 4 is 34.6 Å². The number of hydrogen-bond donors (Lipinski definition) is 2. The van der Waals surface area contributed by atoms with Crippen LogP contribution in [0.2, 0.25) is 5.02 Å². The molecule has 1 fully saturated rings.